The van der Waals surface area contributed by atoms with Crippen LogP contribution in [0.4, 0.5) is 0 Å². The van der Waals surface area contributed by atoms with Crippen LogP contribution in [0.3, 0.4) is 0 Å². The van der Waals surface area contributed by atoms with Crippen molar-refractivity contribution in [3.8, 4) is 0 Å². The van der Waals surface area contributed by atoms with Crippen LogP contribution in [-0.2, 0) is 4.79 Å². The zero-order chi connectivity index (χ0) is 7.78. The predicted molar refractivity (Wildman–Crippen MR) is 37.4 cm³/mol. The molecule has 0 aliphatic carbocycles. The number of aliphatic hydroxyl groups is 1. The van der Waals surface area contributed by atoms with E-state index in [-0.39, 0.29) is 11.8 Å². The van der Waals surface area contributed by atoms with Gasteiger partial charge in [-0.3, -0.25) is 4.79 Å². The molecule has 1 aliphatic rings. The van der Waals surface area contributed by atoms with Gasteiger partial charge in [-0.05, 0) is 13.3 Å². The van der Waals surface area contributed by atoms with Crippen molar-refractivity contribution in [2.45, 2.75) is 25.9 Å². The summed E-state index contributed by atoms with van der Waals surface area (Å²) in [7, 11) is 0. The normalized spacial score (nSPS) is 39.9. The maximum atomic E-state index is 10.9. The van der Waals surface area contributed by atoms with Gasteiger partial charge in [-0.25, -0.2) is 0 Å². The van der Waals surface area contributed by atoms with Gasteiger partial charge in [0.05, 0.1) is 0 Å². The SMILES string of the molecule is CCC1CNC(=O)C1(C)O. The summed E-state index contributed by atoms with van der Waals surface area (Å²) in [4.78, 5) is 10.9. The lowest BCUT2D eigenvalue weighted by Gasteiger charge is -2.19. The Morgan fingerprint density at radius 3 is 2.70 bits per heavy atom. The third-order valence-electron chi connectivity index (χ3n) is 2.26. The fourth-order valence-corrected chi connectivity index (χ4v) is 1.32. The van der Waals surface area contributed by atoms with Crippen molar-refractivity contribution >= 4 is 5.91 Å². The minimum Gasteiger partial charge on any atom is -0.380 e. The number of hydrogen-bond donors (Lipinski definition) is 2. The topological polar surface area (TPSA) is 49.3 Å². The van der Waals surface area contributed by atoms with Gasteiger partial charge in [-0.1, -0.05) is 6.92 Å². The average Bonchev–Trinajstić information content (AvgIpc) is 2.10. The molecule has 1 aliphatic heterocycles. The molecule has 0 aromatic rings. The monoisotopic (exact) mass is 143 g/mol. The standard InChI is InChI=1S/C7H13NO2/c1-3-5-4-8-6(9)7(5,2)10/h5,10H,3-4H2,1-2H3,(H,8,9). The molecule has 0 saturated carbocycles. The zero-order valence-electron chi connectivity index (χ0n) is 6.35. The van der Waals surface area contributed by atoms with E-state index in [0.717, 1.165) is 6.42 Å². The van der Waals surface area contributed by atoms with E-state index in [2.05, 4.69) is 5.32 Å². The van der Waals surface area contributed by atoms with E-state index >= 15 is 0 Å². The minimum absolute atomic E-state index is 0.0833. The number of carbonyl (C=O) groups is 1. The van der Waals surface area contributed by atoms with Crippen LogP contribution in [0.2, 0.25) is 0 Å². The second-order valence-electron chi connectivity index (χ2n) is 2.96. The lowest BCUT2D eigenvalue weighted by molar-refractivity contribution is -0.136. The van der Waals surface area contributed by atoms with E-state index in [9.17, 15) is 9.90 Å². The fourth-order valence-electron chi connectivity index (χ4n) is 1.32. The summed E-state index contributed by atoms with van der Waals surface area (Å²) in [5.74, 6) is -0.153. The van der Waals surface area contributed by atoms with E-state index in [0.29, 0.717) is 6.54 Å². The van der Waals surface area contributed by atoms with Crippen LogP contribution >= 0.6 is 0 Å². The Bertz CT molecular complexity index is 154. The summed E-state index contributed by atoms with van der Waals surface area (Å²) >= 11 is 0. The predicted octanol–water partition coefficient (Wildman–Crippen LogP) is -0.107. The second-order valence-corrected chi connectivity index (χ2v) is 2.96. The maximum absolute atomic E-state index is 10.9. The molecule has 0 bridgehead atoms. The van der Waals surface area contributed by atoms with Crippen molar-refractivity contribution in [2.75, 3.05) is 6.54 Å². The van der Waals surface area contributed by atoms with E-state index in [1.807, 2.05) is 6.92 Å². The van der Waals surface area contributed by atoms with Crippen molar-refractivity contribution in [3.63, 3.8) is 0 Å². The number of amides is 1. The van der Waals surface area contributed by atoms with Gasteiger partial charge in [0.25, 0.3) is 5.91 Å². The smallest absolute Gasteiger partial charge is 0.252 e. The van der Waals surface area contributed by atoms with Gasteiger partial charge >= 0.3 is 0 Å². The van der Waals surface area contributed by atoms with Crippen LogP contribution in [0.15, 0.2) is 0 Å². The second kappa shape index (κ2) is 2.23. The molecule has 3 heteroatoms. The van der Waals surface area contributed by atoms with Crippen molar-refractivity contribution in [1.82, 2.24) is 5.32 Å². The molecule has 10 heavy (non-hydrogen) atoms. The first-order chi connectivity index (χ1) is 4.59. The Morgan fingerprint density at radius 1 is 1.90 bits per heavy atom. The van der Waals surface area contributed by atoms with Crippen LogP contribution in [0, 0.1) is 5.92 Å². The lowest BCUT2D eigenvalue weighted by atomic mass is 9.90. The number of nitrogens with one attached hydrogen (secondary N) is 1. The highest BCUT2D eigenvalue weighted by atomic mass is 16.3. The molecule has 1 saturated heterocycles. The third-order valence-corrected chi connectivity index (χ3v) is 2.26. The van der Waals surface area contributed by atoms with Gasteiger partial charge in [0.1, 0.15) is 5.60 Å². The summed E-state index contributed by atoms with van der Waals surface area (Å²) in [5, 5.41) is 12.1. The van der Waals surface area contributed by atoms with Gasteiger partial charge in [0, 0.05) is 12.5 Å². The summed E-state index contributed by atoms with van der Waals surface area (Å²) < 4.78 is 0. The van der Waals surface area contributed by atoms with E-state index in [1.54, 1.807) is 6.92 Å². The molecule has 58 valence electrons. The van der Waals surface area contributed by atoms with Gasteiger partial charge in [-0.2, -0.15) is 0 Å². The van der Waals surface area contributed by atoms with Crippen LogP contribution in [0.1, 0.15) is 20.3 Å². The van der Waals surface area contributed by atoms with E-state index in [1.165, 1.54) is 0 Å². The van der Waals surface area contributed by atoms with Crippen molar-refractivity contribution in [2.24, 2.45) is 5.92 Å². The molecule has 1 heterocycles. The van der Waals surface area contributed by atoms with Gasteiger partial charge in [0.2, 0.25) is 0 Å². The van der Waals surface area contributed by atoms with E-state index in [4.69, 9.17) is 0 Å². The maximum Gasteiger partial charge on any atom is 0.252 e. The van der Waals surface area contributed by atoms with Crippen LogP contribution < -0.4 is 5.32 Å². The number of carbonyl (C=O) groups excluding carboxylic acids is 1. The first kappa shape index (κ1) is 7.54. The molecule has 2 atom stereocenters. The summed E-state index contributed by atoms with van der Waals surface area (Å²) in [6, 6.07) is 0. The molecule has 3 nitrogen and oxygen atoms in total. The lowest BCUT2D eigenvalue weighted by Crippen LogP contribution is -2.38. The number of rotatable bonds is 1. The van der Waals surface area contributed by atoms with E-state index < -0.39 is 5.60 Å². The molecule has 2 N–H and O–H groups in total. The molecule has 0 radical (unpaired) electrons. The Balaban J connectivity index is 2.73. The molecular weight excluding hydrogens is 130 g/mol. The zero-order valence-corrected chi connectivity index (χ0v) is 6.35. The Kier molecular flexibility index (Phi) is 1.68. The van der Waals surface area contributed by atoms with Gasteiger partial charge in [-0.15, -0.1) is 0 Å². The molecular formula is C7H13NO2. The van der Waals surface area contributed by atoms with Crippen LogP contribution in [-0.4, -0.2) is 23.2 Å². The molecule has 2 unspecified atom stereocenters. The Morgan fingerprint density at radius 2 is 2.50 bits per heavy atom. The van der Waals surface area contributed by atoms with Crippen LogP contribution in [0.5, 0.6) is 0 Å². The Hall–Kier alpha value is -0.570. The molecule has 0 spiro atoms. The first-order valence-corrected chi connectivity index (χ1v) is 3.59. The molecule has 0 aromatic carbocycles. The molecule has 1 fully saturated rings. The van der Waals surface area contributed by atoms with Gasteiger partial charge < -0.3 is 10.4 Å². The molecule has 1 rings (SSSR count). The van der Waals surface area contributed by atoms with Crippen molar-refractivity contribution in [3.05, 3.63) is 0 Å². The average molecular weight is 143 g/mol. The highest BCUT2D eigenvalue weighted by Gasteiger charge is 2.43. The van der Waals surface area contributed by atoms with Crippen LogP contribution in [0.25, 0.3) is 0 Å². The largest absolute Gasteiger partial charge is 0.380 e. The van der Waals surface area contributed by atoms with Gasteiger partial charge in [0.15, 0.2) is 0 Å². The number of hydrogen-bond acceptors (Lipinski definition) is 2. The highest BCUT2D eigenvalue weighted by Crippen LogP contribution is 2.24. The third kappa shape index (κ3) is 0.904. The Labute approximate surface area is 60.4 Å². The van der Waals surface area contributed by atoms with Crippen molar-refractivity contribution in [1.29, 1.82) is 0 Å². The summed E-state index contributed by atoms with van der Waals surface area (Å²) in [6.45, 7) is 4.16. The fraction of sp³-hybridized carbons (Fsp3) is 0.857. The highest BCUT2D eigenvalue weighted by molar-refractivity contribution is 5.87. The molecule has 1 amide bonds. The summed E-state index contributed by atoms with van der Waals surface area (Å²) in [5.41, 5.74) is -1.13. The summed E-state index contributed by atoms with van der Waals surface area (Å²) in [6.07, 6.45) is 0.839. The molecule has 0 aromatic heterocycles. The first-order valence-electron chi connectivity index (χ1n) is 3.59. The quantitative estimate of drug-likeness (QED) is 0.538. The van der Waals surface area contributed by atoms with Crippen molar-refractivity contribution < 1.29 is 9.90 Å². The minimum atomic E-state index is -1.13.